The number of ether oxygens (including phenoxy) is 2. The van der Waals surface area contributed by atoms with Crippen LogP contribution in [0.5, 0.6) is 0 Å². The molecule has 1 aliphatic heterocycles. The van der Waals surface area contributed by atoms with Crippen molar-refractivity contribution in [1.82, 2.24) is 0 Å². The number of epoxide rings is 1. The first kappa shape index (κ1) is 14.7. The molecule has 0 aliphatic carbocycles. The lowest BCUT2D eigenvalue weighted by Gasteiger charge is -2.00. The Morgan fingerprint density at radius 3 is 2.73 bits per heavy atom. The molecule has 22 heavy (non-hydrogen) atoms. The maximum absolute atomic E-state index is 11.2. The van der Waals surface area contributed by atoms with E-state index in [2.05, 4.69) is 23.8 Å². The van der Waals surface area contributed by atoms with Crippen LogP contribution in [-0.4, -0.2) is 25.2 Å². The molecule has 0 radical (unpaired) electrons. The van der Waals surface area contributed by atoms with Gasteiger partial charge in [-0.2, -0.15) is 0 Å². The maximum atomic E-state index is 11.2. The topological polar surface area (TPSA) is 38.8 Å². The minimum absolute atomic E-state index is 0.194. The smallest absolute Gasteiger partial charge is 0.305 e. The monoisotopic (exact) mass is 313 g/mol. The van der Waals surface area contributed by atoms with E-state index in [1.807, 2.05) is 0 Å². The Hall–Kier alpha value is -0.830. The largest absolute Gasteiger partial charge is 0.469 e. The fraction of sp³-hybridized carbons (Fsp3) is 0.842. The summed E-state index contributed by atoms with van der Waals surface area (Å²) in [6.45, 7) is 2.22. The second-order valence-corrected chi connectivity index (χ2v) is 6.20. The summed E-state index contributed by atoms with van der Waals surface area (Å²) in [6, 6.07) is 0. The lowest BCUT2D eigenvalue weighted by atomic mass is 10.1. The van der Waals surface area contributed by atoms with Gasteiger partial charge in [-0.15, -0.1) is 0 Å². The van der Waals surface area contributed by atoms with Gasteiger partial charge in [0, 0.05) is 6.42 Å². The van der Waals surface area contributed by atoms with Crippen molar-refractivity contribution in [1.29, 1.82) is 0 Å². The van der Waals surface area contributed by atoms with E-state index in [9.17, 15) is 4.79 Å². The van der Waals surface area contributed by atoms with E-state index in [0.29, 0.717) is 18.6 Å². The minimum Gasteiger partial charge on any atom is -0.469 e. The molecule has 1 heterocycles. The Kier molecular flexibility index (Phi) is 8.50. The van der Waals surface area contributed by atoms with E-state index in [4.69, 9.17) is 8.85 Å². The summed E-state index contributed by atoms with van der Waals surface area (Å²) < 4.78 is 30.5. The molecule has 0 aromatic heterocycles. The van der Waals surface area contributed by atoms with Gasteiger partial charge in [-0.3, -0.25) is 4.79 Å². The fourth-order valence-corrected chi connectivity index (χ4v) is 2.70. The molecule has 3 nitrogen and oxygen atoms in total. The normalized spacial score (nSPS) is 23.0. The van der Waals surface area contributed by atoms with E-state index in [1.54, 1.807) is 0 Å². The van der Waals surface area contributed by atoms with Gasteiger partial charge >= 0.3 is 5.97 Å². The molecule has 0 aromatic carbocycles. The molecule has 3 heteroatoms. The molecule has 0 N–H and O–H groups in total. The van der Waals surface area contributed by atoms with Crippen LogP contribution in [0, 0.1) is 0 Å². The van der Waals surface area contributed by atoms with E-state index >= 15 is 0 Å². The highest BCUT2D eigenvalue weighted by Crippen LogP contribution is 2.30. The van der Waals surface area contributed by atoms with Crippen molar-refractivity contribution in [2.45, 2.75) is 96.2 Å². The molecule has 0 unspecified atom stereocenters. The molecular weight excluding hydrogens is 276 g/mol. The Morgan fingerprint density at radius 2 is 1.91 bits per heavy atom. The zero-order chi connectivity index (χ0) is 18.5. The predicted octanol–water partition coefficient (Wildman–Crippen LogP) is 5.18. The fourth-order valence-electron chi connectivity index (χ4n) is 2.70. The molecule has 128 valence electrons. The van der Waals surface area contributed by atoms with E-state index in [0.717, 1.165) is 38.5 Å². The number of allylic oxidation sites excluding steroid dienone is 1. The summed E-state index contributed by atoms with van der Waals surface area (Å²) >= 11 is 0. The highest BCUT2D eigenvalue weighted by atomic mass is 16.6. The van der Waals surface area contributed by atoms with E-state index in [1.165, 1.54) is 25.7 Å². The van der Waals surface area contributed by atoms with Crippen LogP contribution in [0.1, 0.15) is 88.1 Å². The lowest BCUT2D eigenvalue weighted by molar-refractivity contribution is -0.140. The summed E-state index contributed by atoms with van der Waals surface area (Å²) in [5.74, 6) is -0.627. The van der Waals surface area contributed by atoms with Gasteiger partial charge in [-0.25, -0.2) is 0 Å². The van der Waals surface area contributed by atoms with Gasteiger partial charge in [0.1, 0.15) is 0 Å². The molecule has 1 saturated heterocycles. The first-order chi connectivity index (χ1) is 11.9. The van der Waals surface area contributed by atoms with Crippen LogP contribution in [0.15, 0.2) is 12.2 Å². The van der Waals surface area contributed by atoms with E-state index in [-0.39, 0.29) is 6.42 Å². The molecule has 1 aliphatic rings. The van der Waals surface area contributed by atoms with Gasteiger partial charge in [0.2, 0.25) is 0 Å². The first-order valence-corrected chi connectivity index (χ1v) is 8.94. The van der Waals surface area contributed by atoms with E-state index < -0.39 is 13.0 Å². The molecule has 0 spiro atoms. The first-order valence-electron chi connectivity index (χ1n) is 10.4. The summed E-state index contributed by atoms with van der Waals surface area (Å²) in [6.07, 6.45) is 17.9. The zero-order valence-corrected chi connectivity index (χ0v) is 14.0. The van der Waals surface area contributed by atoms with Crippen molar-refractivity contribution in [3.8, 4) is 0 Å². The molecule has 0 aromatic rings. The van der Waals surface area contributed by atoms with Crippen molar-refractivity contribution >= 4 is 5.97 Å². The molecule has 0 saturated carbocycles. The second kappa shape index (κ2) is 12.7. The molecular formula is C19H34O3. The quantitative estimate of drug-likeness (QED) is 0.192. The number of methoxy groups -OCH3 is 1. The standard InChI is InChI=1S/C19H34O3/c1-3-4-11-14-17-18(22-17)15-12-9-7-5-6-8-10-13-16-19(20)21-2/h9,12,17-18H,3-8,10-11,13-16H2,1-2H3/b12-9-/t17-,18+/m0/s1/i2D3. The minimum atomic E-state index is -2.61. The Morgan fingerprint density at radius 1 is 1.09 bits per heavy atom. The van der Waals surface area contributed by atoms with Crippen LogP contribution in [0.25, 0.3) is 0 Å². The molecule has 1 fully saturated rings. The predicted molar refractivity (Wildman–Crippen MR) is 90.9 cm³/mol. The Bertz CT molecular complexity index is 394. The van der Waals surface area contributed by atoms with Gasteiger partial charge in [0.05, 0.1) is 23.4 Å². The summed E-state index contributed by atoms with van der Waals surface area (Å²) in [7, 11) is -2.61. The highest BCUT2D eigenvalue weighted by Gasteiger charge is 2.36. The summed E-state index contributed by atoms with van der Waals surface area (Å²) in [5.41, 5.74) is 0. The zero-order valence-electron chi connectivity index (χ0n) is 17.0. The van der Waals surface area contributed by atoms with Crippen LogP contribution in [-0.2, 0) is 14.3 Å². The van der Waals surface area contributed by atoms with Gasteiger partial charge in [0.25, 0.3) is 0 Å². The maximum Gasteiger partial charge on any atom is 0.305 e. The third kappa shape index (κ3) is 9.99. The second-order valence-electron chi connectivity index (χ2n) is 6.20. The van der Waals surface area contributed by atoms with Crippen molar-refractivity contribution in [3.63, 3.8) is 0 Å². The molecule has 0 amide bonds. The third-order valence-electron chi connectivity index (χ3n) is 4.18. The number of hydrogen-bond donors (Lipinski definition) is 0. The molecule has 1 rings (SSSR count). The van der Waals surface area contributed by atoms with Crippen molar-refractivity contribution in [3.05, 3.63) is 12.2 Å². The number of carbonyl (C=O) groups is 1. The Balaban J connectivity index is 1.84. The summed E-state index contributed by atoms with van der Waals surface area (Å²) in [5, 5.41) is 0. The van der Waals surface area contributed by atoms with Crippen LogP contribution >= 0.6 is 0 Å². The Labute approximate surface area is 140 Å². The van der Waals surface area contributed by atoms with Crippen LogP contribution in [0.4, 0.5) is 0 Å². The third-order valence-corrected chi connectivity index (χ3v) is 4.18. The SMILES string of the molecule is [2H]C([2H])([2H])OC(=O)CCCCCCC/C=C\C[C@H]1O[C@H]1CCCCC. The number of hydrogen-bond acceptors (Lipinski definition) is 3. The summed E-state index contributed by atoms with van der Waals surface area (Å²) in [4.78, 5) is 11.2. The van der Waals surface area contributed by atoms with Crippen molar-refractivity contribution < 1.29 is 18.4 Å². The lowest BCUT2D eigenvalue weighted by Crippen LogP contribution is -1.99. The number of rotatable bonds is 14. The van der Waals surface area contributed by atoms with Gasteiger partial charge in [0.15, 0.2) is 0 Å². The number of esters is 1. The number of unbranched alkanes of at least 4 members (excludes halogenated alkanes) is 7. The van der Waals surface area contributed by atoms with Crippen molar-refractivity contribution in [2.24, 2.45) is 0 Å². The van der Waals surface area contributed by atoms with Gasteiger partial charge in [-0.05, 0) is 32.1 Å². The van der Waals surface area contributed by atoms with Crippen LogP contribution in [0.2, 0.25) is 0 Å². The number of carbonyl (C=O) groups excluding carboxylic acids is 1. The van der Waals surface area contributed by atoms with Gasteiger partial charge in [-0.1, -0.05) is 57.6 Å². The van der Waals surface area contributed by atoms with Crippen LogP contribution in [0.3, 0.4) is 0 Å². The molecule has 2 atom stereocenters. The van der Waals surface area contributed by atoms with Gasteiger partial charge < -0.3 is 9.47 Å². The average Bonchev–Trinajstić information content (AvgIpc) is 3.26. The average molecular weight is 313 g/mol. The van der Waals surface area contributed by atoms with Crippen molar-refractivity contribution in [2.75, 3.05) is 7.04 Å². The van der Waals surface area contributed by atoms with Crippen LogP contribution < -0.4 is 0 Å². The highest BCUT2D eigenvalue weighted by molar-refractivity contribution is 5.68. The molecule has 0 bridgehead atoms.